The van der Waals surface area contributed by atoms with Crippen LogP contribution in [0.4, 0.5) is 0 Å². The van der Waals surface area contributed by atoms with Crippen molar-refractivity contribution in [2.45, 2.75) is 0 Å². The smallest absolute Gasteiger partial charge is 2.00 e. The Bertz CT molecular complexity index is 11.6. The fourth-order valence-corrected chi connectivity index (χ4v) is 0. The van der Waals surface area contributed by atoms with Gasteiger partial charge in [0, 0.05) is 21.1 Å². The fourth-order valence-electron chi connectivity index (χ4n) is 0. The van der Waals surface area contributed by atoms with Gasteiger partial charge in [0.15, 0.2) is 0 Å². The zero-order chi connectivity index (χ0) is 0. The molecular weight excluding hydrogens is 265 g/mol. The minimum atomic E-state index is 0. The quantitative estimate of drug-likeness (QED) is 0.418. The van der Waals surface area contributed by atoms with Crippen molar-refractivity contribution in [1.82, 2.24) is 0 Å². The van der Waals surface area contributed by atoms with Crippen LogP contribution in [0.15, 0.2) is 0 Å². The van der Waals surface area contributed by atoms with Gasteiger partial charge in [-0.3, -0.25) is 0 Å². The summed E-state index contributed by atoms with van der Waals surface area (Å²) in [4.78, 5) is 0. The second-order valence-electron chi connectivity index (χ2n) is 0. The first-order valence-corrected chi connectivity index (χ1v) is 0. The molecule has 0 saturated heterocycles. The fraction of sp³-hybridized carbons (Fsp3) is 0. The van der Waals surface area contributed by atoms with E-state index in [1.807, 2.05) is 0 Å². The van der Waals surface area contributed by atoms with Gasteiger partial charge in [-0.1, -0.05) is 0 Å². The maximum Gasteiger partial charge on any atom is 2.00 e. The van der Waals surface area contributed by atoms with Crippen LogP contribution in [0.3, 0.4) is 0 Å². The van der Waals surface area contributed by atoms with Crippen LogP contribution in [0.2, 0.25) is 0 Å². The number of hydrogen-bond acceptors (Lipinski definition) is 0. The SMILES string of the molecule is [H-].[Li+].[Ni+2].[O-2].[W]. The molecule has 4 heavy (non-hydrogen) atoms. The van der Waals surface area contributed by atoms with Crippen LogP contribution in [-0.4, -0.2) is 0 Å². The Kier molecular flexibility index (Phi) is 233. The van der Waals surface area contributed by atoms with Crippen molar-refractivity contribution >= 4 is 0 Å². The van der Waals surface area contributed by atoms with Crippen LogP contribution in [0.1, 0.15) is 1.43 Å². The molecule has 0 aromatic carbocycles. The molecule has 0 unspecified atom stereocenters. The molecule has 0 aromatic rings. The Morgan fingerprint density at radius 2 is 1.25 bits per heavy atom. The van der Waals surface area contributed by atoms with Gasteiger partial charge in [0.05, 0.1) is 0 Å². The summed E-state index contributed by atoms with van der Waals surface area (Å²) in [6.07, 6.45) is 0. The van der Waals surface area contributed by atoms with E-state index in [-0.39, 0.29) is 63.3 Å². The Hall–Kier alpha value is 1.74. The maximum absolute atomic E-state index is 0. The molecule has 1 nitrogen and oxygen atoms in total. The van der Waals surface area contributed by atoms with Crippen LogP contribution in [-0.2, 0) is 43.0 Å². The third-order valence-electron chi connectivity index (χ3n) is 0. The zero-order valence-corrected chi connectivity index (χ0v) is 6.05. The molecular formula is HLiNiOW. The van der Waals surface area contributed by atoms with Gasteiger partial charge in [0.1, 0.15) is 0 Å². The summed E-state index contributed by atoms with van der Waals surface area (Å²) in [5, 5.41) is 0. The van der Waals surface area contributed by atoms with E-state index in [1.54, 1.807) is 0 Å². The van der Waals surface area contributed by atoms with Crippen molar-refractivity contribution in [3.63, 3.8) is 0 Å². The van der Waals surface area contributed by atoms with E-state index in [2.05, 4.69) is 0 Å². The van der Waals surface area contributed by atoms with Crippen LogP contribution in [0.5, 0.6) is 0 Å². The molecule has 24 valence electrons. The summed E-state index contributed by atoms with van der Waals surface area (Å²) in [6.45, 7) is 0. The minimum Gasteiger partial charge on any atom is -2.00 e. The van der Waals surface area contributed by atoms with Gasteiger partial charge in [-0.05, 0) is 0 Å². The van der Waals surface area contributed by atoms with Crippen molar-refractivity contribution in [3.05, 3.63) is 0 Å². The monoisotopic (exact) mass is 266 g/mol. The molecule has 0 spiro atoms. The Morgan fingerprint density at radius 3 is 1.25 bits per heavy atom. The summed E-state index contributed by atoms with van der Waals surface area (Å²) in [5.41, 5.74) is 0. The minimum absolute atomic E-state index is 0. The molecule has 0 bridgehead atoms. The normalized spacial score (nSPS) is 0. The van der Waals surface area contributed by atoms with Crippen molar-refractivity contribution in [1.29, 1.82) is 0 Å². The molecule has 4 heteroatoms. The van der Waals surface area contributed by atoms with E-state index in [0.29, 0.717) is 0 Å². The summed E-state index contributed by atoms with van der Waals surface area (Å²) >= 11 is 0. The molecule has 0 aliphatic carbocycles. The third kappa shape index (κ3) is 9.28. The van der Waals surface area contributed by atoms with Crippen LogP contribution in [0, 0.1) is 0 Å². The first-order valence-electron chi connectivity index (χ1n) is 0. The van der Waals surface area contributed by atoms with Gasteiger partial charge in [0.2, 0.25) is 0 Å². The molecule has 0 N–H and O–H groups in total. The van der Waals surface area contributed by atoms with E-state index in [4.69, 9.17) is 0 Å². The van der Waals surface area contributed by atoms with Gasteiger partial charge in [-0.15, -0.1) is 0 Å². The first kappa shape index (κ1) is 42.6. The molecule has 0 aliphatic rings. The van der Waals surface area contributed by atoms with Gasteiger partial charge in [-0.25, -0.2) is 0 Å². The van der Waals surface area contributed by atoms with E-state index >= 15 is 0 Å². The average Bonchev–Trinajstić information content (AvgIpc) is 0. The van der Waals surface area contributed by atoms with Crippen molar-refractivity contribution in [2.75, 3.05) is 0 Å². The Morgan fingerprint density at radius 1 is 1.25 bits per heavy atom. The molecule has 0 atom stereocenters. The Labute approximate surface area is 63.1 Å². The van der Waals surface area contributed by atoms with Crippen molar-refractivity contribution < 1.29 is 63.3 Å². The van der Waals surface area contributed by atoms with Crippen LogP contribution >= 0.6 is 0 Å². The van der Waals surface area contributed by atoms with Gasteiger partial charge in [-0.2, -0.15) is 0 Å². The van der Waals surface area contributed by atoms with E-state index < -0.39 is 0 Å². The van der Waals surface area contributed by atoms with E-state index in [1.165, 1.54) is 0 Å². The molecule has 0 rings (SSSR count). The predicted octanol–water partition coefficient (Wildman–Crippen LogP) is -3.01. The van der Waals surface area contributed by atoms with Gasteiger partial charge in [0.25, 0.3) is 0 Å². The second kappa shape index (κ2) is 21.9. The standard InChI is InChI=1S/Li.Ni.O.W.H/q+1;+2;-2;;-1. The number of rotatable bonds is 0. The molecule has 0 heterocycles. The molecule has 0 aliphatic heterocycles. The van der Waals surface area contributed by atoms with E-state index in [9.17, 15) is 0 Å². The molecule has 0 radical (unpaired) electrons. The number of hydrogen-bond donors (Lipinski definition) is 0. The summed E-state index contributed by atoms with van der Waals surface area (Å²) in [5.74, 6) is 0. The topological polar surface area (TPSA) is 28.5 Å². The van der Waals surface area contributed by atoms with Crippen molar-refractivity contribution in [2.24, 2.45) is 0 Å². The van der Waals surface area contributed by atoms with E-state index in [0.717, 1.165) is 0 Å². The summed E-state index contributed by atoms with van der Waals surface area (Å²) in [7, 11) is 0. The maximum atomic E-state index is 0. The Balaban J connectivity index is 0. The van der Waals surface area contributed by atoms with Crippen LogP contribution in [0.25, 0.3) is 0 Å². The second-order valence-corrected chi connectivity index (χ2v) is 0. The molecule has 0 aromatic heterocycles. The van der Waals surface area contributed by atoms with Gasteiger partial charge >= 0.3 is 35.4 Å². The van der Waals surface area contributed by atoms with Gasteiger partial charge < -0.3 is 6.90 Å². The zero-order valence-electron chi connectivity index (χ0n) is 3.13. The molecule has 0 amide bonds. The predicted molar refractivity (Wildman–Crippen MR) is 1.80 cm³/mol. The first-order chi connectivity index (χ1) is 0. The average molecular weight is 266 g/mol. The molecule has 0 fully saturated rings. The largest absolute Gasteiger partial charge is 2.00 e. The van der Waals surface area contributed by atoms with Crippen LogP contribution < -0.4 is 18.9 Å². The van der Waals surface area contributed by atoms with Crippen molar-refractivity contribution in [3.8, 4) is 0 Å². The summed E-state index contributed by atoms with van der Waals surface area (Å²) in [6, 6.07) is 0. The third-order valence-corrected chi connectivity index (χ3v) is 0. The molecule has 0 saturated carbocycles. The summed E-state index contributed by atoms with van der Waals surface area (Å²) < 4.78 is 0.